The van der Waals surface area contributed by atoms with E-state index in [2.05, 4.69) is 18.7 Å². The number of ether oxygens (including phenoxy) is 1. The summed E-state index contributed by atoms with van der Waals surface area (Å²) >= 11 is 0. The van der Waals surface area contributed by atoms with E-state index in [4.69, 9.17) is 9.16 Å². The predicted octanol–water partition coefficient (Wildman–Crippen LogP) is 1.70. The summed E-state index contributed by atoms with van der Waals surface area (Å²) < 4.78 is 10.9. The molecule has 0 N–H and O–H groups in total. The van der Waals surface area contributed by atoms with Gasteiger partial charge in [-0.15, -0.1) is 0 Å². The third-order valence-electron chi connectivity index (χ3n) is 1.73. The molecule has 0 saturated carbocycles. The van der Waals surface area contributed by atoms with Crippen LogP contribution in [0.4, 0.5) is 0 Å². The fourth-order valence-corrected chi connectivity index (χ4v) is 1.64. The van der Waals surface area contributed by atoms with Crippen molar-refractivity contribution in [2.24, 2.45) is 0 Å². The molecule has 3 heteroatoms. The molecule has 0 aromatic heterocycles. The zero-order chi connectivity index (χ0) is 9.52. The van der Waals surface area contributed by atoms with E-state index < -0.39 is 0 Å². The standard InChI is InChI=1S/C10H16O2Si/c1-9(12-13-2)11-8-10-6-4-3-5-7-10/h3-7,9H,8,13H2,1-2H3. The number of rotatable bonds is 5. The van der Waals surface area contributed by atoms with Gasteiger partial charge in [-0.1, -0.05) is 36.9 Å². The van der Waals surface area contributed by atoms with E-state index >= 15 is 0 Å². The summed E-state index contributed by atoms with van der Waals surface area (Å²) in [4.78, 5) is 0. The summed E-state index contributed by atoms with van der Waals surface area (Å²) in [6.45, 7) is 4.68. The van der Waals surface area contributed by atoms with Crippen LogP contribution in [-0.2, 0) is 15.8 Å². The lowest BCUT2D eigenvalue weighted by Crippen LogP contribution is -2.13. The summed E-state index contributed by atoms with van der Waals surface area (Å²) in [7, 11) is -0.359. The molecule has 0 fully saturated rings. The smallest absolute Gasteiger partial charge is 0.161 e. The minimum Gasteiger partial charge on any atom is -0.400 e. The fraction of sp³-hybridized carbons (Fsp3) is 0.400. The van der Waals surface area contributed by atoms with Crippen molar-refractivity contribution in [1.29, 1.82) is 0 Å². The molecule has 2 nitrogen and oxygen atoms in total. The van der Waals surface area contributed by atoms with Gasteiger partial charge in [0.2, 0.25) is 0 Å². The van der Waals surface area contributed by atoms with E-state index in [0.717, 1.165) is 0 Å². The Morgan fingerprint density at radius 2 is 2.00 bits per heavy atom. The Morgan fingerprint density at radius 1 is 1.31 bits per heavy atom. The highest BCUT2D eigenvalue weighted by molar-refractivity contribution is 6.24. The van der Waals surface area contributed by atoms with Crippen LogP contribution in [0.25, 0.3) is 0 Å². The maximum absolute atomic E-state index is 5.48. The predicted molar refractivity (Wildman–Crippen MR) is 56.2 cm³/mol. The summed E-state index contributed by atoms with van der Waals surface area (Å²) in [5.41, 5.74) is 1.19. The van der Waals surface area contributed by atoms with Crippen LogP contribution in [0.3, 0.4) is 0 Å². The van der Waals surface area contributed by atoms with Crippen LogP contribution in [0, 0.1) is 0 Å². The third-order valence-corrected chi connectivity index (χ3v) is 2.53. The van der Waals surface area contributed by atoms with Crippen LogP contribution < -0.4 is 0 Å². The first-order chi connectivity index (χ1) is 6.33. The van der Waals surface area contributed by atoms with Gasteiger partial charge in [0.25, 0.3) is 0 Å². The van der Waals surface area contributed by atoms with Gasteiger partial charge in [-0.05, 0) is 12.5 Å². The molecule has 0 aliphatic heterocycles. The molecule has 0 saturated heterocycles. The van der Waals surface area contributed by atoms with Crippen molar-refractivity contribution >= 4 is 9.76 Å². The van der Waals surface area contributed by atoms with Crippen LogP contribution in [-0.4, -0.2) is 16.1 Å². The quantitative estimate of drug-likeness (QED) is 0.527. The van der Waals surface area contributed by atoms with Gasteiger partial charge in [0.15, 0.2) is 9.76 Å². The molecule has 13 heavy (non-hydrogen) atoms. The Bertz CT molecular complexity index is 226. The maximum Gasteiger partial charge on any atom is 0.161 e. The number of hydrogen-bond acceptors (Lipinski definition) is 2. The van der Waals surface area contributed by atoms with Gasteiger partial charge in [0.05, 0.1) is 6.61 Å². The van der Waals surface area contributed by atoms with Gasteiger partial charge in [-0.2, -0.15) is 0 Å². The lowest BCUT2D eigenvalue weighted by molar-refractivity contribution is -0.0748. The highest BCUT2D eigenvalue weighted by Crippen LogP contribution is 2.03. The van der Waals surface area contributed by atoms with E-state index in [1.54, 1.807) is 0 Å². The molecule has 1 unspecified atom stereocenters. The molecular formula is C10H16O2Si. The molecule has 0 aliphatic carbocycles. The summed E-state index contributed by atoms with van der Waals surface area (Å²) in [5, 5.41) is 0. The van der Waals surface area contributed by atoms with Crippen LogP contribution in [0.5, 0.6) is 0 Å². The Kier molecular flexibility index (Phi) is 4.75. The van der Waals surface area contributed by atoms with Gasteiger partial charge in [0.1, 0.15) is 6.29 Å². The molecule has 0 amide bonds. The lowest BCUT2D eigenvalue weighted by atomic mass is 10.2. The first-order valence-electron chi connectivity index (χ1n) is 4.60. The SMILES string of the molecule is C[SiH2]OC(C)OCc1ccccc1. The fourth-order valence-electron chi connectivity index (χ4n) is 1.07. The van der Waals surface area contributed by atoms with E-state index in [1.807, 2.05) is 25.1 Å². The van der Waals surface area contributed by atoms with E-state index in [9.17, 15) is 0 Å². The van der Waals surface area contributed by atoms with Crippen LogP contribution in [0.2, 0.25) is 6.55 Å². The lowest BCUT2D eigenvalue weighted by Gasteiger charge is -2.12. The van der Waals surface area contributed by atoms with Crippen LogP contribution in [0.1, 0.15) is 12.5 Å². The maximum atomic E-state index is 5.48. The second-order valence-electron chi connectivity index (χ2n) is 2.82. The van der Waals surface area contributed by atoms with Gasteiger partial charge >= 0.3 is 0 Å². The normalized spacial score (nSPS) is 13.7. The van der Waals surface area contributed by atoms with Gasteiger partial charge < -0.3 is 9.16 Å². The zero-order valence-electron chi connectivity index (χ0n) is 8.19. The number of benzene rings is 1. The minimum absolute atomic E-state index is 0.0585. The van der Waals surface area contributed by atoms with Crippen LogP contribution >= 0.6 is 0 Å². The molecule has 0 aliphatic rings. The molecule has 72 valence electrons. The van der Waals surface area contributed by atoms with Crippen LogP contribution in [0.15, 0.2) is 30.3 Å². The highest BCUT2D eigenvalue weighted by atomic mass is 28.2. The van der Waals surface area contributed by atoms with Crippen molar-refractivity contribution in [1.82, 2.24) is 0 Å². The molecule has 0 bridgehead atoms. The summed E-state index contributed by atoms with van der Waals surface area (Å²) in [6.07, 6.45) is -0.0585. The highest BCUT2D eigenvalue weighted by Gasteiger charge is 1.99. The zero-order valence-corrected chi connectivity index (χ0v) is 9.61. The molecule has 0 radical (unpaired) electrons. The first-order valence-corrected chi connectivity index (χ1v) is 6.59. The summed E-state index contributed by atoms with van der Waals surface area (Å²) in [6, 6.07) is 10.1. The molecule has 0 heterocycles. The molecule has 1 aromatic rings. The third kappa shape index (κ3) is 4.22. The van der Waals surface area contributed by atoms with E-state index in [0.29, 0.717) is 6.61 Å². The Hall–Kier alpha value is -0.643. The second-order valence-corrected chi connectivity index (χ2v) is 3.73. The molecule has 1 atom stereocenters. The molecule has 0 spiro atoms. The van der Waals surface area contributed by atoms with Crippen molar-refractivity contribution < 1.29 is 9.16 Å². The van der Waals surface area contributed by atoms with Gasteiger partial charge in [-0.3, -0.25) is 0 Å². The first kappa shape index (κ1) is 10.4. The van der Waals surface area contributed by atoms with Gasteiger partial charge in [-0.25, -0.2) is 0 Å². The summed E-state index contributed by atoms with van der Waals surface area (Å²) in [5.74, 6) is 0. The Labute approximate surface area is 81.8 Å². The largest absolute Gasteiger partial charge is 0.400 e. The van der Waals surface area contributed by atoms with Crippen molar-refractivity contribution in [2.75, 3.05) is 0 Å². The molecular weight excluding hydrogens is 180 g/mol. The molecule has 1 aromatic carbocycles. The van der Waals surface area contributed by atoms with Crippen molar-refractivity contribution in [3.8, 4) is 0 Å². The average Bonchev–Trinajstić information content (AvgIpc) is 2.17. The average molecular weight is 196 g/mol. The molecule has 1 rings (SSSR count). The Morgan fingerprint density at radius 3 is 2.62 bits per heavy atom. The second kappa shape index (κ2) is 5.91. The minimum atomic E-state index is -0.359. The van der Waals surface area contributed by atoms with Crippen molar-refractivity contribution in [3.63, 3.8) is 0 Å². The Balaban J connectivity index is 2.27. The topological polar surface area (TPSA) is 18.5 Å². The van der Waals surface area contributed by atoms with E-state index in [1.165, 1.54) is 5.56 Å². The van der Waals surface area contributed by atoms with E-state index in [-0.39, 0.29) is 16.1 Å². The van der Waals surface area contributed by atoms with Crippen molar-refractivity contribution in [2.45, 2.75) is 26.4 Å². The number of hydrogen-bond donors (Lipinski definition) is 0. The van der Waals surface area contributed by atoms with Crippen molar-refractivity contribution in [3.05, 3.63) is 35.9 Å². The monoisotopic (exact) mass is 196 g/mol. The van der Waals surface area contributed by atoms with Gasteiger partial charge in [0, 0.05) is 0 Å².